The molecule has 0 saturated carbocycles. The molecule has 0 aliphatic rings. The van der Waals surface area contributed by atoms with Crippen molar-refractivity contribution < 1.29 is 29.4 Å². The molecule has 0 aromatic heterocycles. The van der Waals surface area contributed by atoms with Crippen LogP contribution >= 0.6 is 0 Å². The lowest BCUT2D eigenvalue weighted by molar-refractivity contribution is -0.166. The molecule has 0 spiro atoms. The van der Waals surface area contributed by atoms with Gasteiger partial charge in [-0.25, -0.2) is 5.06 Å². The average Bonchev–Trinajstić information content (AvgIpc) is 2.67. The molecule has 0 aliphatic heterocycles. The summed E-state index contributed by atoms with van der Waals surface area (Å²) >= 11 is 0. The van der Waals surface area contributed by atoms with Crippen molar-refractivity contribution in [3.05, 3.63) is 59.7 Å². The first-order chi connectivity index (χ1) is 12.3. The molecule has 0 fully saturated rings. The molecule has 0 saturated heterocycles. The highest BCUT2D eigenvalue weighted by Crippen LogP contribution is 2.36. The second-order valence-electron chi connectivity index (χ2n) is 5.75. The molecule has 0 heterocycles. The Hall–Kier alpha value is -2.90. The number of benzene rings is 2. The van der Waals surface area contributed by atoms with Gasteiger partial charge in [-0.2, -0.15) is 0 Å². The van der Waals surface area contributed by atoms with Gasteiger partial charge in [0.2, 0.25) is 5.78 Å². The largest absolute Gasteiger partial charge is 0.497 e. The van der Waals surface area contributed by atoms with Crippen LogP contribution in [0.15, 0.2) is 48.5 Å². The van der Waals surface area contributed by atoms with Gasteiger partial charge in [-0.05, 0) is 35.4 Å². The smallest absolute Gasteiger partial charge is 0.313 e. The van der Waals surface area contributed by atoms with Crippen LogP contribution in [0.5, 0.6) is 11.5 Å². The van der Waals surface area contributed by atoms with Crippen LogP contribution in [0.2, 0.25) is 0 Å². The Balaban J connectivity index is 2.56. The zero-order valence-electron chi connectivity index (χ0n) is 14.8. The van der Waals surface area contributed by atoms with Gasteiger partial charge in [0.1, 0.15) is 17.1 Å². The number of ether oxygens (including phenoxy) is 2. The summed E-state index contributed by atoms with van der Waals surface area (Å²) in [4.78, 5) is 24.1. The number of methoxy groups -OCH3 is 2. The number of ketones is 1. The van der Waals surface area contributed by atoms with E-state index in [1.54, 1.807) is 48.5 Å². The van der Waals surface area contributed by atoms with E-state index in [1.165, 1.54) is 14.2 Å². The number of carbonyl (C=O) groups is 2. The van der Waals surface area contributed by atoms with Gasteiger partial charge in [0.25, 0.3) is 0 Å². The van der Waals surface area contributed by atoms with Gasteiger partial charge >= 0.3 is 5.91 Å². The minimum absolute atomic E-state index is 0.194. The zero-order chi connectivity index (χ0) is 19.3. The van der Waals surface area contributed by atoms with E-state index in [9.17, 15) is 19.9 Å². The fraction of sp³-hybridized carbons (Fsp3) is 0.263. The predicted molar refractivity (Wildman–Crippen MR) is 93.2 cm³/mol. The fourth-order valence-corrected chi connectivity index (χ4v) is 2.62. The first-order valence-corrected chi connectivity index (χ1v) is 7.83. The Morgan fingerprint density at radius 1 is 1.00 bits per heavy atom. The maximum Gasteiger partial charge on any atom is 0.313 e. The van der Waals surface area contributed by atoms with Crippen LogP contribution < -0.4 is 9.47 Å². The molecule has 0 aliphatic carbocycles. The summed E-state index contributed by atoms with van der Waals surface area (Å²) in [5.74, 6) is -1.08. The summed E-state index contributed by atoms with van der Waals surface area (Å²) in [6.07, 6.45) is -0.558. The number of hydrogen-bond acceptors (Lipinski definition) is 6. The number of hydroxylamine groups is 2. The van der Waals surface area contributed by atoms with Crippen LogP contribution in [-0.2, 0) is 15.2 Å². The van der Waals surface area contributed by atoms with Crippen LogP contribution in [0.4, 0.5) is 0 Å². The quantitative estimate of drug-likeness (QED) is 0.444. The molecule has 0 unspecified atom stereocenters. The van der Waals surface area contributed by atoms with E-state index in [4.69, 9.17) is 9.47 Å². The first-order valence-electron chi connectivity index (χ1n) is 7.83. The Bertz CT molecular complexity index is 755. The number of rotatable bonds is 7. The number of amides is 1. The van der Waals surface area contributed by atoms with Crippen molar-refractivity contribution in [1.29, 1.82) is 0 Å². The van der Waals surface area contributed by atoms with E-state index >= 15 is 0 Å². The van der Waals surface area contributed by atoms with E-state index in [2.05, 4.69) is 0 Å². The molecule has 26 heavy (non-hydrogen) atoms. The monoisotopic (exact) mass is 359 g/mol. The average molecular weight is 359 g/mol. The predicted octanol–water partition coefficient (Wildman–Crippen LogP) is 1.75. The zero-order valence-corrected chi connectivity index (χ0v) is 14.8. The number of likely N-dealkylation sites (N-methyl/N-ethyl adjacent to an activating group) is 1. The number of carbonyl (C=O) groups excluding carboxylic acids is 2. The van der Waals surface area contributed by atoms with Gasteiger partial charge in [-0.1, -0.05) is 24.3 Å². The minimum atomic E-state index is -1.81. The van der Waals surface area contributed by atoms with Crippen LogP contribution in [-0.4, -0.2) is 48.3 Å². The van der Waals surface area contributed by atoms with Gasteiger partial charge in [-0.3, -0.25) is 14.8 Å². The first kappa shape index (κ1) is 19.4. The van der Waals surface area contributed by atoms with Crippen molar-refractivity contribution in [2.24, 2.45) is 0 Å². The number of nitrogens with zero attached hydrogens (tertiary/aromatic N) is 1. The van der Waals surface area contributed by atoms with Crippen LogP contribution in [0, 0.1) is 0 Å². The maximum atomic E-state index is 12.3. The SMILES string of the molecule is COc1cccc(C(O)(CC(=O)C(=O)N(C)O)c2cccc(OC)c2)c1. The van der Waals surface area contributed by atoms with E-state index in [-0.39, 0.29) is 5.06 Å². The van der Waals surface area contributed by atoms with Crippen molar-refractivity contribution in [2.45, 2.75) is 12.0 Å². The Kier molecular flexibility index (Phi) is 5.97. The van der Waals surface area contributed by atoms with Crippen molar-refractivity contribution in [1.82, 2.24) is 5.06 Å². The van der Waals surface area contributed by atoms with Crippen LogP contribution in [0.3, 0.4) is 0 Å². The van der Waals surface area contributed by atoms with Gasteiger partial charge in [-0.15, -0.1) is 0 Å². The molecule has 0 atom stereocenters. The Morgan fingerprint density at radius 2 is 1.46 bits per heavy atom. The summed E-state index contributed by atoms with van der Waals surface area (Å²) in [7, 11) is 4.02. The molecule has 2 aromatic rings. The number of Topliss-reactive ketones (excluding diaryl/α,β-unsaturated/α-hetero) is 1. The second kappa shape index (κ2) is 7.99. The molecule has 2 rings (SSSR count). The lowest BCUT2D eigenvalue weighted by Gasteiger charge is -2.29. The van der Waals surface area contributed by atoms with Crippen LogP contribution in [0.25, 0.3) is 0 Å². The normalized spacial score (nSPS) is 11.0. The Morgan fingerprint density at radius 3 is 1.85 bits per heavy atom. The van der Waals surface area contributed by atoms with E-state index < -0.39 is 23.7 Å². The standard InChI is InChI=1S/C19H21NO6/c1-20(24)18(22)17(21)12-19(23,13-6-4-8-15(10-13)25-2)14-7-5-9-16(11-14)26-3/h4-11,23-24H,12H2,1-3H3. The Labute approximate surface area is 151 Å². The minimum Gasteiger partial charge on any atom is -0.497 e. The van der Waals surface area contributed by atoms with Gasteiger partial charge in [0.05, 0.1) is 20.6 Å². The third-order valence-electron chi connectivity index (χ3n) is 4.04. The highest BCUT2D eigenvalue weighted by Gasteiger charge is 2.37. The molecule has 7 nitrogen and oxygen atoms in total. The van der Waals surface area contributed by atoms with Crippen molar-refractivity contribution in [3.8, 4) is 11.5 Å². The van der Waals surface area contributed by atoms with Crippen molar-refractivity contribution in [2.75, 3.05) is 21.3 Å². The summed E-state index contributed by atoms with van der Waals surface area (Å²) in [6.45, 7) is 0. The molecule has 0 radical (unpaired) electrons. The highest BCUT2D eigenvalue weighted by molar-refractivity contribution is 6.35. The van der Waals surface area contributed by atoms with E-state index in [1.807, 2.05) is 0 Å². The molecular weight excluding hydrogens is 338 g/mol. The lowest BCUT2D eigenvalue weighted by atomic mass is 9.82. The molecule has 2 N–H and O–H groups in total. The molecule has 7 heteroatoms. The molecular formula is C19H21NO6. The topological polar surface area (TPSA) is 96.3 Å². The fourth-order valence-electron chi connectivity index (χ4n) is 2.62. The summed E-state index contributed by atoms with van der Waals surface area (Å²) in [5, 5.41) is 20.8. The van der Waals surface area contributed by atoms with Crippen molar-refractivity contribution in [3.63, 3.8) is 0 Å². The van der Waals surface area contributed by atoms with E-state index in [0.29, 0.717) is 22.6 Å². The van der Waals surface area contributed by atoms with Gasteiger partial charge in [0.15, 0.2) is 0 Å². The number of hydrogen-bond donors (Lipinski definition) is 2. The van der Waals surface area contributed by atoms with E-state index in [0.717, 1.165) is 7.05 Å². The maximum absolute atomic E-state index is 12.3. The van der Waals surface area contributed by atoms with Gasteiger partial charge < -0.3 is 14.6 Å². The number of aliphatic hydroxyl groups is 1. The second-order valence-corrected chi connectivity index (χ2v) is 5.75. The van der Waals surface area contributed by atoms with Crippen LogP contribution in [0.1, 0.15) is 17.5 Å². The molecule has 0 bridgehead atoms. The van der Waals surface area contributed by atoms with Crippen molar-refractivity contribution >= 4 is 11.7 Å². The molecule has 1 amide bonds. The molecule has 138 valence electrons. The third-order valence-corrected chi connectivity index (χ3v) is 4.04. The summed E-state index contributed by atoms with van der Waals surface area (Å²) in [6, 6.07) is 13.2. The summed E-state index contributed by atoms with van der Waals surface area (Å²) in [5.41, 5.74) is -1.08. The molecule has 2 aromatic carbocycles. The lowest BCUT2D eigenvalue weighted by Crippen LogP contribution is -2.37. The van der Waals surface area contributed by atoms with Gasteiger partial charge in [0, 0.05) is 7.05 Å². The summed E-state index contributed by atoms with van der Waals surface area (Å²) < 4.78 is 10.4. The highest BCUT2D eigenvalue weighted by atomic mass is 16.5. The third kappa shape index (κ3) is 4.01.